The molecule has 4 heteroatoms. The molecule has 0 amide bonds. The van der Waals surface area contributed by atoms with Crippen molar-refractivity contribution in [3.63, 3.8) is 0 Å². The van der Waals surface area contributed by atoms with Crippen LogP contribution in [-0.2, 0) is 9.53 Å². The Hall–Kier alpha value is -1.84. The molecule has 3 nitrogen and oxygen atoms in total. The van der Waals surface area contributed by atoms with Gasteiger partial charge in [-0.2, -0.15) is 0 Å². The molecule has 16 heavy (non-hydrogen) atoms. The first kappa shape index (κ1) is 12.2. The third kappa shape index (κ3) is 3.73. The molecule has 0 unspecified atom stereocenters. The number of carbonyl (C=O) groups excluding carboxylic acids is 1. The predicted octanol–water partition coefficient (Wildman–Crippen LogP) is 2.08. The van der Waals surface area contributed by atoms with E-state index in [1.807, 2.05) is 6.92 Å². The van der Waals surface area contributed by atoms with Crippen molar-refractivity contribution in [1.82, 2.24) is 0 Å². The van der Waals surface area contributed by atoms with E-state index in [2.05, 4.69) is 0 Å². The minimum absolute atomic E-state index is 0.265. The number of esters is 1. The lowest BCUT2D eigenvalue weighted by atomic mass is 10.1. The van der Waals surface area contributed by atoms with Crippen molar-refractivity contribution in [3.05, 3.63) is 41.7 Å². The van der Waals surface area contributed by atoms with Gasteiger partial charge in [-0.15, -0.1) is 0 Å². The Kier molecular flexibility index (Phi) is 4.51. The number of halogens is 1. The van der Waals surface area contributed by atoms with Crippen LogP contribution in [-0.4, -0.2) is 12.6 Å². The summed E-state index contributed by atoms with van der Waals surface area (Å²) in [5, 5.41) is 0. The Morgan fingerprint density at radius 1 is 1.44 bits per heavy atom. The zero-order valence-corrected chi connectivity index (χ0v) is 9.07. The van der Waals surface area contributed by atoms with Gasteiger partial charge in [-0.1, -0.05) is 19.1 Å². The molecular formula is C12H14FNO2. The third-order valence-electron chi connectivity index (χ3n) is 1.90. The second-order valence-corrected chi connectivity index (χ2v) is 3.27. The van der Waals surface area contributed by atoms with E-state index in [-0.39, 0.29) is 11.5 Å². The summed E-state index contributed by atoms with van der Waals surface area (Å²) in [5.74, 6) is -0.825. The summed E-state index contributed by atoms with van der Waals surface area (Å²) in [4.78, 5) is 11.2. The van der Waals surface area contributed by atoms with Gasteiger partial charge < -0.3 is 10.5 Å². The molecule has 0 atom stereocenters. The van der Waals surface area contributed by atoms with Crippen molar-refractivity contribution in [2.45, 2.75) is 13.3 Å². The van der Waals surface area contributed by atoms with Gasteiger partial charge in [0, 0.05) is 11.8 Å². The first-order valence-electron chi connectivity index (χ1n) is 5.03. The van der Waals surface area contributed by atoms with Crippen LogP contribution in [0.15, 0.2) is 30.3 Å². The van der Waals surface area contributed by atoms with Crippen molar-refractivity contribution in [3.8, 4) is 0 Å². The molecule has 0 fully saturated rings. The van der Waals surface area contributed by atoms with Gasteiger partial charge >= 0.3 is 5.97 Å². The lowest BCUT2D eigenvalue weighted by Gasteiger charge is -2.02. The molecule has 0 heterocycles. The van der Waals surface area contributed by atoms with Crippen molar-refractivity contribution < 1.29 is 13.9 Å². The highest BCUT2D eigenvalue weighted by atomic mass is 19.1. The fourth-order valence-corrected chi connectivity index (χ4v) is 1.10. The standard InChI is InChI=1S/C12H14FNO2/c1-2-7-16-12(15)8-11(14)9-3-5-10(13)6-4-9/h3-6,8H,2,7,14H2,1H3/b11-8-. The van der Waals surface area contributed by atoms with E-state index in [9.17, 15) is 9.18 Å². The largest absolute Gasteiger partial charge is 0.462 e. The zero-order valence-electron chi connectivity index (χ0n) is 9.07. The molecule has 0 aliphatic rings. The van der Waals surface area contributed by atoms with Gasteiger partial charge in [0.1, 0.15) is 5.82 Å². The second-order valence-electron chi connectivity index (χ2n) is 3.27. The Bertz CT molecular complexity index is 385. The van der Waals surface area contributed by atoms with Gasteiger partial charge in [-0.05, 0) is 24.1 Å². The van der Waals surface area contributed by atoms with Crippen molar-refractivity contribution in [1.29, 1.82) is 0 Å². The normalized spacial score (nSPS) is 11.2. The van der Waals surface area contributed by atoms with E-state index < -0.39 is 5.97 Å². The van der Waals surface area contributed by atoms with Gasteiger partial charge in [-0.3, -0.25) is 0 Å². The van der Waals surface area contributed by atoms with Crippen LogP contribution >= 0.6 is 0 Å². The number of benzene rings is 1. The summed E-state index contributed by atoms with van der Waals surface area (Å²) < 4.78 is 17.5. The van der Waals surface area contributed by atoms with Crippen LogP contribution in [0.25, 0.3) is 5.70 Å². The molecule has 1 rings (SSSR count). The Morgan fingerprint density at radius 3 is 2.62 bits per heavy atom. The first-order chi connectivity index (χ1) is 7.63. The number of hydrogen-bond acceptors (Lipinski definition) is 3. The van der Waals surface area contributed by atoms with E-state index in [0.717, 1.165) is 6.42 Å². The monoisotopic (exact) mass is 223 g/mol. The molecule has 2 N–H and O–H groups in total. The molecule has 1 aromatic rings. The maximum Gasteiger partial charge on any atom is 0.332 e. The minimum Gasteiger partial charge on any atom is -0.462 e. The fraction of sp³-hybridized carbons (Fsp3) is 0.250. The average Bonchev–Trinajstić information content (AvgIpc) is 2.27. The maximum absolute atomic E-state index is 12.6. The van der Waals surface area contributed by atoms with Crippen molar-refractivity contribution >= 4 is 11.7 Å². The molecule has 86 valence electrons. The molecule has 0 saturated heterocycles. The quantitative estimate of drug-likeness (QED) is 0.628. The van der Waals surface area contributed by atoms with Crippen LogP contribution in [0.1, 0.15) is 18.9 Å². The van der Waals surface area contributed by atoms with E-state index in [1.165, 1.54) is 30.3 Å². The van der Waals surface area contributed by atoms with E-state index in [0.29, 0.717) is 12.2 Å². The third-order valence-corrected chi connectivity index (χ3v) is 1.90. The smallest absolute Gasteiger partial charge is 0.332 e. The number of nitrogens with two attached hydrogens (primary N) is 1. The highest BCUT2D eigenvalue weighted by Gasteiger charge is 2.02. The van der Waals surface area contributed by atoms with Gasteiger partial charge in [0.2, 0.25) is 0 Å². The summed E-state index contributed by atoms with van der Waals surface area (Å²) in [6.45, 7) is 2.27. The topological polar surface area (TPSA) is 52.3 Å². The zero-order chi connectivity index (χ0) is 12.0. The molecule has 0 aromatic heterocycles. The van der Waals surface area contributed by atoms with Crippen LogP contribution in [0, 0.1) is 5.82 Å². The minimum atomic E-state index is -0.483. The maximum atomic E-state index is 12.6. The fourth-order valence-electron chi connectivity index (χ4n) is 1.10. The lowest BCUT2D eigenvalue weighted by Crippen LogP contribution is -2.06. The van der Waals surface area contributed by atoms with E-state index in [4.69, 9.17) is 10.5 Å². The molecule has 0 aliphatic carbocycles. The molecule has 0 radical (unpaired) electrons. The Labute approximate surface area is 93.7 Å². The highest BCUT2D eigenvalue weighted by Crippen LogP contribution is 2.09. The average molecular weight is 223 g/mol. The van der Waals surface area contributed by atoms with Gasteiger partial charge in [0.15, 0.2) is 0 Å². The molecule has 0 spiro atoms. The van der Waals surface area contributed by atoms with Crippen LogP contribution < -0.4 is 5.73 Å². The van der Waals surface area contributed by atoms with E-state index in [1.54, 1.807) is 0 Å². The lowest BCUT2D eigenvalue weighted by molar-refractivity contribution is -0.137. The van der Waals surface area contributed by atoms with Crippen LogP contribution in [0.3, 0.4) is 0 Å². The molecule has 1 aromatic carbocycles. The predicted molar refractivity (Wildman–Crippen MR) is 59.8 cm³/mol. The van der Waals surface area contributed by atoms with Crippen LogP contribution in [0.4, 0.5) is 4.39 Å². The van der Waals surface area contributed by atoms with Gasteiger partial charge in [0.05, 0.1) is 6.61 Å². The van der Waals surface area contributed by atoms with Gasteiger partial charge in [-0.25, -0.2) is 9.18 Å². The van der Waals surface area contributed by atoms with Crippen LogP contribution in [0.2, 0.25) is 0 Å². The number of ether oxygens (including phenoxy) is 1. The Balaban J connectivity index is 2.69. The van der Waals surface area contributed by atoms with Crippen LogP contribution in [0.5, 0.6) is 0 Å². The van der Waals surface area contributed by atoms with Crippen molar-refractivity contribution in [2.24, 2.45) is 5.73 Å². The SMILES string of the molecule is CCCOC(=O)/C=C(\N)c1ccc(F)cc1. The summed E-state index contributed by atoms with van der Waals surface area (Å²) in [5.41, 5.74) is 6.51. The highest BCUT2D eigenvalue weighted by molar-refractivity contribution is 5.90. The molecular weight excluding hydrogens is 209 g/mol. The van der Waals surface area contributed by atoms with E-state index >= 15 is 0 Å². The van der Waals surface area contributed by atoms with Gasteiger partial charge in [0.25, 0.3) is 0 Å². The number of hydrogen-bond donors (Lipinski definition) is 1. The Morgan fingerprint density at radius 2 is 2.06 bits per heavy atom. The number of carbonyl (C=O) groups is 1. The summed E-state index contributed by atoms with van der Waals surface area (Å²) >= 11 is 0. The summed E-state index contributed by atoms with van der Waals surface area (Å²) in [6.07, 6.45) is 1.96. The summed E-state index contributed by atoms with van der Waals surface area (Å²) in [6, 6.07) is 5.59. The molecule has 0 bridgehead atoms. The number of rotatable bonds is 4. The van der Waals surface area contributed by atoms with Crippen molar-refractivity contribution in [2.75, 3.05) is 6.61 Å². The summed E-state index contributed by atoms with van der Waals surface area (Å²) in [7, 11) is 0. The molecule has 0 aliphatic heterocycles. The first-order valence-corrected chi connectivity index (χ1v) is 5.03. The second kappa shape index (κ2) is 5.90. The molecule has 0 saturated carbocycles.